The molecule has 29 heavy (non-hydrogen) atoms. The lowest BCUT2D eigenvalue weighted by molar-refractivity contribution is -0.151. The highest BCUT2D eigenvalue weighted by molar-refractivity contribution is 6.34. The third kappa shape index (κ3) is 4.95. The topological polar surface area (TPSA) is 75.7 Å². The average Bonchev–Trinajstić information content (AvgIpc) is 3.05. The summed E-state index contributed by atoms with van der Waals surface area (Å²) in [6, 6.07) is 11.2. The summed E-state index contributed by atoms with van der Waals surface area (Å²) < 4.78 is 5.14. The lowest BCUT2D eigenvalue weighted by Gasteiger charge is -2.16. The van der Waals surface area contributed by atoms with Crippen LogP contribution in [0.15, 0.2) is 36.4 Å². The number of esters is 1. The normalized spacial score (nSPS) is 16.1. The molecule has 1 heterocycles. The molecule has 0 spiro atoms. The zero-order valence-corrected chi connectivity index (χ0v) is 17.4. The number of hydrogen-bond acceptors (Lipinski definition) is 4. The Labute approximate surface area is 174 Å². The van der Waals surface area contributed by atoms with Crippen molar-refractivity contribution in [3.05, 3.63) is 58.1 Å². The minimum Gasteiger partial charge on any atom is -0.455 e. The van der Waals surface area contributed by atoms with E-state index in [4.69, 9.17) is 16.3 Å². The molecule has 1 fully saturated rings. The molecule has 1 saturated heterocycles. The molecule has 3 rings (SSSR count). The van der Waals surface area contributed by atoms with Crippen LogP contribution in [0.4, 0.5) is 11.4 Å². The maximum Gasteiger partial charge on any atom is 0.311 e. The van der Waals surface area contributed by atoms with Crippen molar-refractivity contribution in [1.82, 2.24) is 0 Å². The number of nitrogens with one attached hydrogen (secondary N) is 1. The Morgan fingerprint density at radius 1 is 1.14 bits per heavy atom. The van der Waals surface area contributed by atoms with Crippen LogP contribution in [-0.4, -0.2) is 30.9 Å². The maximum atomic E-state index is 12.4. The lowest BCUT2D eigenvalue weighted by Crippen LogP contribution is -2.28. The van der Waals surface area contributed by atoms with E-state index in [9.17, 15) is 14.4 Å². The molecule has 7 heteroatoms. The molecule has 2 amide bonds. The highest BCUT2D eigenvalue weighted by Crippen LogP contribution is 2.28. The Morgan fingerprint density at radius 2 is 1.83 bits per heavy atom. The number of ether oxygens (including phenoxy) is 1. The van der Waals surface area contributed by atoms with Gasteiger partial charge in [0, 0.05) is 18.7 Å². The summed E-state index contributed by atoms with van der Waals surface area (Å²) in [6.07, 6.45) is 0.0667. The van der Waals surface area contributed by atoms with Gasteiger partial charge in [-0.15, -0.1) is 0 Å². The second-order valence-corrected chi connectivity index (χ2v) is 7.74. The summed E-state index contributed by atoms with van der Waals surface area (Å²) in [4.78, 5) is 38.4. The number of carbonyl (C=O) groups excluding carboxylic acids is 3. The first-order valence-electron chi connectivity index (χ1n) is 9.35. The maximum absolute atomic E-state index is 12.4. The van der Waals surface area contributed by atoms with E-state index in [-0.39, 0.29) is 18.9 Å². The fourth-order valence-corrected chi connectivity index (χ4v) is 3.71. The van der Waals surface area contributed by atoms with Crippen molar-refractivity contribution < 1.29 is 19.1 Å². The van der Waals surface area contributed by atoms with Crippen molar-refractivity contribution >= 4 is 40.8 Å². The molecule has 2 aromatic rings. The van der Waals surface area contributed by atoms with Gasteiger partial charge < -0.3 is 15.0 Å². The van der Waals surface area contributed by atoms with Gasteiger partial charge in [0.15, 0.2) is 6.61 Å². The van der Waals surface area contributed by atoms with Crippen LogP contribution in [0, 0.1) is 26.7 Å². The van der Waals surface area contributed by atoms with Crippen molar-refractivity contribution in [2.75, 3.05) is 23.4 Å². The Balaban J connectivity index is 1.55. The molecule has 1 aliphatic heterocycles. The van der Waals surface area contributed by atoms with E-state index < -0.39 is 24.4 Å². The summed E-state index contributed by atoms with van der Waals surface area (Å²) >= 11 is 6.18. The molecular formula is C22H23ClN2O4. The Kier molecular flexibility index (Phi) is 6.23. The minimum absolute atomic E-state index is 0.0667. The molecule has 1 unspecified atom stereocenters. The number of rotatable bonds is 5. The molecule has 2 aromatic carbocycles. The first kappa shape index (κ1) is 20.9. The standard InChI is InChI=1S/C22H23ClN2O4/c1-13-4-6-17(7-5-13)25-11-16(10-20(25)27)22(28)29-12-19(26)24-21-15(3)8-14(2)9-18(21)23/h4-9,16H,10-12H2,1-3H3,(H,24,26). The second kappa shape index (κ2) is 8.66. The van der Waals surface area contributed by atoms with Gasteiger partial charge >= 0.3 is 5.97 Å². The minimum atomic E-state index is -0.596. The number of nitrogens with zero attached hydrogens (tertiary/aromatic N) is 1. The van der Waals surface area contributed by atoms with Gasteiger partial charge in [0.25, 0.3) is 5.91 Å². The number of aryl methyl sites for hydroxylation is 3. The predicted octanol–water partition coefficient (Wildman–Crippen LogP) is 3.80. The summed E-state index contributed by atoms with van der Waals surface area (Å²) in [5.74, 6) is -1.77. The molecule has 0 aromatic heterocycles. The number of hydrogen-bond donors (Lipinski definition) is 1. The SMILES string of the molecule is Cc1ccc(N2CC(C(=O)OCC(=O)Nc3c(C)cc(C)cc3Cl)CC2=O)cc1. The van der Waals surface area contributed by atoms with Crippen molar-refractivity contribution in [1.29, 1.82) is 0 Å². The highest BCUT2D eigenvalue weighted by Gasteiger charge is 2.36. The van der Waals surface area contributed by atoms with Crippen LogP contribution >= 0.6 is 11.6 Å². The molecule has 1 N–H and O–H groups in total. The van der Waals surface area contributed by atoms with E-state index in [0.717, 1.165) is 22.4 Å². The van der Waals surface area contributed by atoms with E-state index in [1.807, 2.05) is 51.1 Å². The van der Waals surface area contributed by atoms with Gasteiger partial charge in [-0.25, -0.2) is 0 Å². The highest BCUT2D eigenvalue weighted by atomic mass is 35.5. The fourth-order valence-electron chi connectivity index (χ4n) is 3.34. The van der Waals surface area contributed by atoms with Gasteiger partial charge in [-0.2, -0.15) is 0 Å². The van der Waals surface area contributed by atoms with Gasteiger partial charge in [-0.1, -0.05) is 35.4 Å². The first-order valence-corrected chi connectivity index (χ1v) is 9.72. The fraction of sp³-hybridized carbons (Fsp3) is 0.318. The number of carbonyl (C=O) groups is 3. The summed E-state index contributed by atoms with van der Waals surface area (Å²) in [7, 11) is 0. The van der Waals surface area contributed by atoms with E-state index in [0.29, 0.717) is 10.7 Å². The molecule has 1 atom stereocenters. The first-order chi connectivity index (χ1) is 13.7. The largest absolute Gasteiger partial charge is 0.455 e. The molecule has 0 aliphatic carbocycles. The zero-order valence-electron chi connectivity index (χ0n) is 16.6. The van der Waals surface area contributed by atoms with Crippen LogP contribution in [0.25, 0.3) is 0 Å². The van der Waals surface area contributed by atoms with Gasteiger partial charge in [0.05, 0.1) is 16.6 Å². The monoisotopic (exact) mass is 414 g/mol. The van der Waals surface area contributed by atoms with Crippen molar-refractivity contribution in [2.45, 2.75) is 27.2 Å². The van der Waals surface area contributed by atoms with E-state index in [1.165, 1.54) is 0 Å². The van der Waals surface area contributed by atoms with Gasteiger partial charge in [0.1, 0.15) is 0 Å². The van der Waals surface area contributed by atoms with Crippen LogP contribution in [0.5, 0.6) is 0 Å². The molecule has 152 valence electrons. The van der Waals surface area contributed by atoms with Crippen LogP contribution in [0.2, 0.25) is 5.02 Å². The van der Waals surface area contributed by atoms with Crippen LogP contribution in [0.3, 0.4) is 0 Å². The number of anilines is 2. The predicted molar refractivity (Wildman–Crippen MR) is 112 cm³/mol. The van der Waals surface area contributed by atoms with Crippen molar-refractivity contribution in [3.63, 3.8) is 0 Å². The summed E-state index contributed by atoms with van der Waals surface area (Å²) in [5, 5.41) is 3.10. The van der Waals surface area contributed by atoms with Gasteiger partial charge in [0.2, 0.25) is 5.91 Å². The third-order valence-electron chi connectivity index (χ3n) is 4.85. The smallest absolute Gasteiger partial charge is 0.311 e. The van der Waals surface area contributed by atoms with E-state index in [1.54, 1.807) is 11.0 Å². The van der Waals surface area contributed by atoms with E-state index >= 15 is 0 Å². The molecule has 6 nitrogen and oxygen atoms in total. The molecule has 0 radical (unpaired) electrons. The quantitative estimate of drug-likeness (QED) is 0.755. The van der Waals surface area contributed by atoms with Crippen molar-refractivity contribution in [3.8, 4) is 0 Å². The Hall–Kier alpha value is -2.86. The third-order valence-corrected chi connectivity index (χ3v) is 5.14. The van der Waals surface area contributed by atoms with Crippen molar-refractivity contribution in [2.24, 2.45) is 5.92 Å². The number of amides is 2. The lowest BCUT2D eigenvalue weighted by atomic mass is 10.1. The zero-order chi connectivity index (χ0) is 21.1. The van der Waals surface area contributed by atoms with Gasteiger partial charge in [-0.3, -0.25) is 14.4 Å². The molecular weight excluding hydrogens is 392 g/mol. The van der Waals surface area contributed by atoms with Gasteiger partial charge in [-0.05, 0) is 50.1 Å². The summed E-state index contributed by atoms with van der Waals surface area (Å²) in [5.41, 5.74) is 4.15. The van der Waals surface area contributed by atoms with Crippen LogP contribution < -0.4 is 10.2 Å². The van der Waals surface area contributed by atoms with E-state index in [2.05, 4.69) is 5.32 Å². The molecule has 0 saturated carbocycles. The van der Waals surface area contributed by atoms with Crippen LogP contribution in [-0.2, 0) is 19.1 Å². The number of benzene rings is 2. The number of halogens is 1. The van der Waals surface area contributed by atoms with Crippen LogP contribution in [0.1, 0.15) is 23.1 Å². The molecule has 0 bridgehead atoms. The Morgan fingerprint density at radius 3 is 2.48 bits per heavy atom. The Bertz CT molecular complexity index is 933. The molecule has 1 aliphatic rings. The average molecular weight is 415 g/mol. The summed E-state index contributed by atoms with van der Waals surface area (Å²) in [6.45, 7) is 5.52. The second-order valence-electron chi connectivity index (χ2n) is 7.34.